The van der Waals surface area contributed by atoms with Crippen LogP contribution in [0.2, 0.25) is 0 Å². The minimum absolute atomic E-state index is 0.0755. The lowest BCUT2D eigenvalue weighted by atomic mass is 10.2. The Morgan fingerprint density at radius 1 is 1.48 bits per heavy atom. The number of rotatable bonds is 4. The fourth-order valence-electron chi connectivity index (χ4n) is 3.30. The van der Waals surface area contributed by atoms with Crippen molar-refractivity contribution in [3.8, 4) is 5.82 Å². The van der Waals surface area contributed by atoms with Gasteiger partial charge in [-0.05, 0) is 25.0 Å². The molecule has 0 aromatic carbocycles. The van der Waals surface area contributed by atoms with Crippen LogP contribution in [0.4, 0.5) is 0 Å². The molecular formula is C16H18N6O2S. The summed E-state index contributed by atoms with van der Waals surface area (Å²) in [5.74, 6) is 1.29. The molecule has 0 saturated carbocycles. The van der Waals surface area contributed by atoms with E-state index >= 15 is 0 Å². The smallest absolute Gasteiger partial charge is 0.243 e. The Balaban J connectivity index is 1.38. The lowest BCUT2D eigenvalue weighted by molar-refractivity contribution is -0.138. The standard InChI is InChI=1S/C16H18N6O2S/c1-16-5-4-14(23)22(16)12(8-25-16)15(24)19-7-11-2-3-13(18-6-11)21-10-17-9-20-21/h2-3,6,9-10,12H,4-5,7-8H2,1H3,(H,19,24)/t12-,16-/m1/s1. The van der Waals surface area contributed by atoms with Crippen molar-refractivity contribution in [2.75, 3.05) is 5.75 Å². The zero-order valence-electron chi connectivity index (χ0n) is 13.8. The molecule has 0 radical (unpaired) electrons. The number of carbonyl (C=O) groups excluding carboxylic acids is 2. The van der Waals surface area contributed by atoms with E-state index in [0.717, 1.165) is 12.0 Å². The van der Waals surface area contributed by atoms with Crippen molar-refractivity contribution in [3.63, 3.8) is 0 Å². The van der Waals surface area contributed by atoms with E-state index in [1.54, 1.807) is 33.9 Å². The Bertz CT molecular complexity index is 793. The average Bonchev–Trinajstić information content (AvgIpc) is 3.32. The maximum Gasteiger partial charge on any atom is 0.243 e. The fraction of sp³-hybridized carbons (Fsp3) is 0.438. The summed E-state index contributed by atoms with van der Waals surface area (Å²) in [7, 11) is 0. The Labute approximate surface area is 149 Å². The van der Waals surface area contributed by atoms with E-state index in [0.29, 0.717) is 24.5 Å². The summed E-state index contributed by atoms with van der Waals surface area (Å²) in [4.78, 5) is 34.4. The summed E-state index contributed by atoms with van der Waals surface area (Å²) in [6.07, 6.45) is 6.06. The summed E-state index contributed by atoms with van der Waals surface area (Å²) in [5.41, 5.74) is 0.887. The molecule has 2 aliphatic rings. The lowest BCUT2D eigenvalue weighted by Crippen LogP contribution is -2.49. The van der Waals surface area contributed by atoms with Gasteiger partial charge in [0, 0.05) is 24.9 Å². The highest BCUT2D eigenvalue weighted by molar-refractivity contribution is 8.01. The van der Waals surface area contributed by atoms with Crippen molar-refractivity contribution in [3.05, 3.63) is 36.5 Å². The van der Waals surface area contributed by atoms with Gasteiger partial charge in [-0.1, -0.05) is 6.07 Å². The molecule has 2 atom stereocenters. The van der Waals surface area contributed by atoms with Crippen LogP contribution in [0.15, 0.2) is 31.0 Å². The average molecular weight is 358 g/mol. The van der Waals surface area contributed by atoms with E-state index in [9.17, 15) is 9.59 Å². The van der Waals surface area contributed by atoms with Gasteiger partial charge in [0.2, 0.25) is 11.8 Å². The number of hydrogen-bond acceptors (Lipinski definition) is 6. The monoisotopic (exact) mass is 358 g/mol. The van der Waals surface area contributed by atoms with Gasteiger partial charge in [-0.3, -0.25) is 9.59 Å². The molecule has 0 aliphatic carbocycles. The van der Waals surface area contributed by atoms with Crippen LogP contribution in [0.25, 0.3) is 5.82 Å². The van der Waals surface area contributed by atoms with Crippen molar-refractivity contribution >= 4 is 23.6 Å². The molecule has 2 fully saturated rings. The summed E-state index contributed by atoms with van der Waals surface area (Å²) in [5, 5.41) is 6.95. The van der Waals surface area contributed by atoms with Crippen molar-refractivity contribution in [2.45, 2.75) is 37.2 Å². The minimum Gasteiger partial charge on any atom is -0.350 e. The molecule has 2 aromatic heterocycles. The van der Waals surface area contributed by atoms with Crippen molar-refractivity contribution in [2.24, 2.45) is 0 Å². The maximum absolute atomic E-state index is 12.5. The molecule has 2 aromatic rings. The van der Waals surface area contributed by atoms with E-state index in [4.69, 9.17) is 0 Å². The van der Waals surface area contributed by atoms with Crippen LogP contribution in [-0.2, 0) is 16.1 Å². The van der Waals surface area contributed by atoms with E-state index in [1.807, 2.05) is 19.1 Å². The number of aromatic nitrogens is 4. The van der Waals surface area contributed by atoms with E-state index < -0.39 is 0 Å². The molecule has 0 bridgehead atoms. The van der Waals surface area contributed by atoms with Crippen molar-refractivity contribution in [1.29, 1.82) is 0 Å². The van der Waals surface area contributed by atoms with E-state index in [-0.39, 0.29) is 22.7 Å². The van der Waals surface area contributed by atoms with Gasteiger partial charge in [-0.25, -0.2) is 14.6 Å². The highest BCUT2D eigenvalue weighted by Gasteiger charge is 2.52. The molecule has 4 heterocycles. The molecule has 130 valence electrons. The number of fused-ring (bicyclic) bond motifs is 1. The van der Waals surface area contributed by atoms with Crippen LogP contribution in [-0.4, -0.2) is 53.1 Å². The minimum atomic E-state index is -0.382. The fourth-order valence-corrected chi connectivity index (χ4v) is 4.74. The normalized spacial score (nSPS) is 25.2. The first-order valence-corrected chi connectivity index (χ1v) is 9.09. The van der Waals surface area contributed by atoms with Gasteiger partial charge in [-0.2, -0.15) is 5.10 Å². The van der Waals surface area contributed by atoms with Gasteiger partial charge in [-0.15, -0.1) is 11.8 Å². The maximum atomic E-state index is 12.5. The van der Waals surface area contributed by atoms with E-state index in [2.05, 4.69) is 20.4 Å². The first kappa shape index (κ1) is 16.1. The number of pyridine rings is 1. The predicted octanol–water partition coefficient (Wildman–Crippen LogP) is 0.732. The lowest BCUT2D eigenvalue weighted by Gasteiger charge is -2.29. The third kappa shape index (κ3) is 2.88. The molecule has 2 saturated heterocycles. The quantitative estimate of drug-likeness (QED) is 0.866. The van der Waals surface area contributed by atoms with Crippen LogP contribution >= 0.6 is 11.8 Å². The summed E-state index contributed by atoms with van der Waals surface area (Å²) in [6, 6.07) is 3.33. The Morgan fingerprint density at radius 2 is 2.36 bits per heavy atom. The van der Waals surface area contributed by atoms with Gasteiger partial charge < -0.3 is 10.2 Å². The SMILES string of the molecule is C[C@@]12CCC(=O)N1[C@@H](C(=O)NCc1ccc(-n3cncn3)nc1)CS2. The number of carbonyl (C=O) groups is 2. The van der Waals surface area contributed by atoms with E-state index in [1.165, 1.54) is 6.33 Å². The topological polar surface area (TPSA) is 93.0 Å². The van der Waals surface area contributed by atoms with Gasteiger partial charge in [0.15, 0.2) is 5.82 Å². The van der Waals surface area contributed by atoms with Crippen molar-refractivity contribution < 1.29 is 9.59 Å². The predicted molar refractivity (Wildman–Crippen MR) is 91.7 cm³/mol. The van der Waals surface area contributed by atoms with Gasteiger partial charge in [0.1, 0.15) is 18.7 Å². The third-order valence-corrected chi connectivity index (χ3v) is 6.18. The second kappa shape index (κ2) is 6.14. The van der Waals surface area contributed by atoms with Crippen LogP contribution in [0.1, 0.15) is 25.3 Å². The van der Waals surface area contributed by atoms with Crippen LogP contribution < -0.4 is 5.32 Å². The zero-order valence-corrected chi connectivity index (χ0v) is 14.6. The first-order valence-electron chi connectivity index (χ1n) is 8.11. The Morgan fingerprint density at radius 3 is 3.08 bits per heavy atom. The second-order valence-corrected chi connectivity index (χ2v) is 7.85. The molecular weight excluding hydrogens is 340 g/mol. The molecule has 0 spiro atoms. The van der Waals surface area contributed by atoms with Gasteiger partial charge in [0.05, 0.1) is 4.87 Å². The molecule has 2 amide bonds. The van der Waals surface area contributed by atoms with Gasteiger partial charge in [0.25, 0.3) is 0 Å². The number of amides is 2. The highest BCUT2D eigenvalue weighted by Crippen LogP contribution is 2.47. The Hall–Kier alpha value is -2.42. The molecule has 9 heteroatoms. The number of hydrogen-bond donors (Lipinski definition) is 1. The summed E-state index contributed by atoms with van der Waals surface area (Å²) < 4.78 is 1.57. The molecule has 4 rings (SSSR count). The largest absolute Gasteiger partial charge is 0.350 e. The number of nitrogens with zero attached hydrogens (tertiary/aromatic N) is 5. The zero-order chi connectivity index (χ0) is 17.4. The third-order valence-electron chi connectivity index (χ3n) is 4.68. The molecule has 2 aliphatic heterocycles. The second-order valence-electron chi connectivity index (χ2n) is 6.35. The van der Waals surface area contributed by atoms with Gasteiger partial charge >= 0.3 is 0 Å². The van der Waals surface area contributed by atoms with Crippen LogP contribution in [0.5, 0.6) is 0 Å². The number of nitrogens with one attached hydrogen (secondary N) is 1. The highest BCUT2D eigenvalue weighted by atomic mass is 32.2. The molecule has 8 nitrogen and oxygen atoms in total. The number of thioether (sulfide) groups is 1. The molecule has 25 heavy (non-hydrogen) atoms. The molecule has 1 N–H and O–H groups in total. The first-order chi connectivity index (χ1) is 12.1. The van der Waals surface area contributed by atoms with Crippen LogP contribution in [0.3, 0.4) is 0 Å². The summed E-state index contributed by atoms with van der Waals surface area (Å²) in [6.45, 7) is 2.42. The van der Waals surface area contributed by atoms with Crippen molar-refractivity contribution in [1.82, 2.24) is 30.0 Å². The Kier molecular flexibility index (Phi) is 3.95. The summed E-state index contributed by atoms with van der Waals surface area (Å²) >= 11 is 1.69. The molecule has 0 unspecified atom stereocenters. The van der Waals surface area contributed by atoms with Crippen LogP contribution in [0, 0.1) is 0 Å².